The minimum absolute atomic E-state index is 0.0885. The first kappa shape index (κ1) is 41.9. The van der Waals surface area contributed by atoms with Gasteiger partial charge in [-0.15, -0.1) is 0 Å². The lowest BCUT2D eigenvalue weighted by Gasteiger charge is -2.44. The highest BCUT2D eigenvalue weighted by molar-refractivity contribution is 5.73. The SMILES string of the molecule is CC[C@H](O)[C@@H](C)[C@H]1O[C@@H]1C[C@H](C)C=CC=C(C)[C@H]1OC(=O)C[C@H](O)CC[C@@](C)(OC(=O)C2CC[N+](C)(C(C)C)CC2)[C@@H](OC(C)=O)C=C[C@@H]1C. The molecule has 0 aromatic heterocycles. The minimum Gasteiger partial charge on any atom is -0.457 e. The van der Waals surface area contributed by atoms with Crippen LogP contribution < -0.4 is 0 Å². The Labute approximate surface area is 300 Å². The summed E-state index contributed by atoms with van der Waals surface area (Å²) in [6.45, 7) is 19.2. The van der Waals surface area contributed by atoms with E-state index in [9.17, 15) is 24.6 Å². The first-order chi connectivity index (χ1) is 23.4. The number of carbonyl (C=O) groups excluding carboxylic acids is 3. The van der Waals surface area contributed by atoms with E-state index >= 15 is 0 Å². The van der Waals surface area contributed by atoms with E-state index in [-0.39, 0.29) is 67.2 Å². The van der Waals surface area contributed by atoms with E-state index in [1.807, 2.05) is 45.9 Å². The van der Waals surface area contributed by atoms with E-state index in [1.54, 1.807) is 13.0 Å². The summed E-state index contributed by atoms with van der Waals surface area (Å²) in [5.41, 5.74) is -0.444. The molecule has 10 nitrogen and oxygen atoms in total. The molecule has 0 aromatic carbocycles. The predicted octanol–water partition coefficient (Wildman–Crippen LogP) is 5.84. The molecule has 2 fully saturated rings. The van der Waals surface area contributed by atoms with Crippen molar-refractivity contribution in [1.29, 1.82) is 0 Å². The van der Waals surface area contributed by atoms with Gasteiger partial charge in [-0.05, 0) is 70.9 Å². The number of aliphatic hydroxyl groups excluding tert-OH is 2. The van der Waals surface area contributed by atoms with Crippen LogP contribution >= 0.6 is 0 Å². The number of aliphatic hydroxyl groups is 2. The van der Waals surface area contributed by atoms with Crippen molar-refractivity contribution in [3.8, 4) is 0 Å². The molecule has 0 saturated carbocycles. The van der Waals surface area contributed by atoms with Crippen molar-refractivity contribution in [3.05, 3.63) is 36.0 Å². The van der Waals surface area contributed by atoms with Crippen LogP contribution in [0.15, 0.2) is 36.0 Å². The van der Waals surface area contributed by atoms with Crippen molar-refractivity contribution in [2.75, 3.05) is 20.1 Å². The van der Waals surface area contributed by atoms with E-state index in [2.05, 4.69) is 33.9 Å². The lowest BCUT2D eigenvalue weighted by Crippen LogP contribution is -2.55. The quantitative estimate of drug-likeness (QED) is 0.0643. The van der Waals surface area contributed by atoms with Gasteiger partial charge >= 0.3 is 17.9 Å². The lowest BCUT2D eigenvalue weighted by molar-refractivity contribution is -0.934. The number of hydrogen-bond acceptors (Lipinski definition) is 9. The average molecular weight is 705 g/mol. The number of quaternary nitrogens is 1. The number of likely N-dealkylation sites (tertiary alicyclic amines) is 1. The van der Waals surface area contributed by atoms with Crippen LogP contribution in [0.2, 0.25) is 0 Å². The van der Waals surface area contributed by atoms with Gasteiger partial charge in [-0.25, -0.2) is 0 Å². The number of ether oxygens (including phenoxy) is 4. The van der Waals surface area contributed by atoms with Gasteiger partial charge in [0.2, 0.25) is 0 Å². The molecule has 2 saturated heterocycles. The fourth-order valence-electron chi connectivity index (χ4n) is 7.29. The topological polar surface area (TPSA) is 132 Å². The third kappa shape index (κ3) is 11.8. The van der Waals surface area contributed by atoms with Crippen LogP contribution in [0.4, 0.5) is 0 Å². The number of piperidine rings is 1. The van der Waals surface area contributed by atoms with E-state index in [4.69, 9.17) is 18.9 Å². The number of rotatable bonds is 12. The predicted molar refractivity (Wildman–Crippen MR) is 193 cm³/mol. The molecule has 0 spiro atoms. The summed E-state index contributed by atoms with van der Waals surface area (Å²) in [6.07, 6.45) is 9.95. The Morgan fingerprint density at radius 3 is 2.38 bits per heavy atom. The standard InChI is InChI=1S/C40H66NO9/c1-11-33(44)29(7)38-34(48-38)23-26(4)13-12-14-27(5)37-28(6)15-16-35(47-30(8)42)40(9,20-17-32(43)24-36(45)49-37)50-39(46)31-18-21-41(10,22-19-31)25(2)3/h12-16,25-26,28-29,31-35,37-38,43-44H,11,17-24H2,1-10H3/q+1/t26-,28+,29-,31?,32-,33+,34-,35+,37-,38-,40-,41?/m1/s1. The molecule has 0 radical (unpaired) electrons. The zero-order valence-electron chi connectivity index (χ0n) is 32.3. The third-order valence-electron chi connectivity index (χ3n) is 11.5. The maximum absolute atomic E-state index is 13.6. The molecule has 2 N–H and O–H groups in total. The largest absolute Gasteiger partial charge is 0.457 e. The molecule has 0 bridgehead atoms. The molecule has 0 aliphatic carbocycles. The summed E-state index contributed by atoms with van der Waals surface area (Å²) in [7, 11) is 2.22. The Balaban J connectivity index is 1.77. The molecule has 3 aliphatic heterocycles. The molecule has 0 amide bonds. The number of hydrogen-bond donors (Lipinski definition) is 2. The van der Waals surface area contributed by atoms with Crippen molar-refractivity contribution in [1.82, 2.24) is 0 Å². The highest BCUT2D eigenvalue weighted by Gasteiger charge is 2.45. The molecule has 10 heteroatoms. The Bertz CT molecular complexity index is 1240. The van der Waals surface area contributed by atoms with Crippen molar-refractivity contribution in [3.63, 3.8) is 0 Å². The fraction of sp³-hybridized carbons (Fsp3) is 0.775. The van der Waals surface area contributed by atoms with Gasteiger partial charge in [0.25, 0.3) is 0 Å². The van der Waals surface area contributed by atoms with E-state index in [0.29, 0.717) is 25.3 Å². The number of epoxide rings is 1. The average Bonchev–Trinajstić information content (AvgIpc) is 3.81. The molecular weight excluding hydrogens is 638 g/mol. The summed E-state index contributed by atoms with van der Waals surface area (Å²) in [5.74, 6) is -1.59. The molecule has 3 heterocycles. The van der Waals surface area contributed by atoms with Crippen molar-refractivity contribution in [2.45, 2.75) is 156 Å². The van der Waals surface area contributed by atoms with Crippen LogP contribution in [-0.4, -0.2) is 101 Å². The molecule has 3 rings (SSSR count). The zero-order valence-corrected chi connectivity index (χ0v) is 32.3. The second-order valence-corrected chi connectivity index (χ2v) is 16.1. The molecular formula is C40H66NO9+. The van der Waals surface area contributed by atoms with Crippen LogP contribution in [0.3, 0.4) is 0 Å². The van der Waals surface area contributed by atoms with Gasteiger partial charge < -0.3 is 33.6 Å². The van der Waals surface area contributed by atoms with Crippen LogP contribution in [-0.2, 0) is 33.3 Å². The van der Waals surface area contributed by atoms with Crippen molar-refractivity contribution in [2.24, 2.45) is 23.7 Å². The van der Waals surface area contributed by atoms with Gasteiger partial charge in [-0.2, -0.15) is 0 Å². The van der Waals surface area contributed by atoms with Gasteiger partial charge in [0.1, 0.15) is 11.7 Å². The highest BCUT2D eigenvalue weighted by atomic mass is 16.6. The van der Waals surface area contributed by atoms with Crippen LogP contribution in [0, 0.1) is 23.7 Å². The summed E-state index contributed by atoms with van der Waals surface area (Å²) in [6, 6.07) is 0.456. The van der Waals surface area contributed by atoms with Gasteiger partial charge in [-0.1, -0.05) is 52.0 Å². The van der Waals surface area contributed by atoms with Crippen LogP contribution in [0.5, 0.6) is 0 Å². The highest BCUT2D eigenvalue weighted by Crippen LogP contribution is 2.37. The maximum Gasteiger partial charge on any atom is 0.310 e. The molecule has 0 unspecified atom stereocenters. The third-order valence-corrected chi connectivity index (χ3v) is 11.5. The number of allylic oxidation sites excluding steroid dienone is 3. The van der Waals surface area contributed by atoms with Gasteiger partial charge in [-0.3, -0.25) is 14.4 Å². The first-order valence-electron chi connectivity index (χ1n) is 18.9. The Hall–Kier alpha value is -2.53. The van der Waals surface area contributed by atoms with Gasteiger partial charge in [0.05, 0.1) is 62.9 Å². The zero-order chi connectivity index (χ0) is 37.4. The van der Waals surface area contributed by atoms with E-state index < -0.39 is 35.9 Å². The number of cyclic esters (lactones) is 1. The van der Waals surface area contributed by atoms with Gasteiger partial charge in [0, 0.05) is 31.6 Å². The molecule has 284 valence electrons. The Kier molecular flexibility index (Phi) is 15.3. The van der Waals surface area contributed by atoms with Crippen molar-refractivity contribution < 1.29 is 48.0 Å². The van der Waals surface area contributed by atoms with E-state index in [0.717, 1.165) is 29.6 Å². The molecule has 50 heavy (non-hydrogen) atoms. The summed E-state index contributed by atoms with van der Waals surface area (Å²) < 4.78 is 24.7. The molecule has 10 atom stereocenters. The van der Waals surface area contributed by atoms with Crippen LogP contribution in [0.1, 0.15) is 107 Å². The Morgan fingerprint density at radius 2 is 1.78 bits per heavy atom. The second kappa shape index (κ2) is 18.3. The number of carbonyl (C=O) groups is 3. The summed E-state index contributed by atoms with van der Waals surface area (Å²) in [5, 5.41) is 21.1. The second-order valence-electron chi connectivity index (χ2n) is 16.1. The summed E-state index contributed by atoms with van der Waals surface area (Å²) in [4.78, 5) is 39.0. The number of esters is 3. The monoisotopic (exact) mass is 704 g/mol. The Morgan fingerprint density at radius 1 is 1.12 bits per heavy atom. The maximum atomic E-state index is 13.6. The fourth-order valence-corrected chi connectivity index (χ4v) is 7.29. The number of nitrogens with zero attached hydrogens (tertiary/aromatic N) is 1. The van der Waals surface area contributed by atoms with Gasteiger partial charge in [0.15, 0.2) is 6.10 Å². The summed E-state index contributed by atoms with van der Waals surface area (Å²) >= 11 is 0. The van der Waals surface area contributed by atoms with Crippen LogP contribution in [0.25, 0.3) is 0 Å². The smallest absolute Gasteiger partial charge is 0.310 e. The first-order valence-corrected chi connectivity index (χ1v) is 18.9. The normalized spacial score (nSPS) is 36.1. The molecule has 0 aromatic rings. The van der Waals surface area contributed by atoms with E-state index in [1.165, 1.54) is 6.92 Å². The van der Waals surface area contributed by atoms with Crippen molar-refractivity contribution >= 4 is 17.9 Å². The molecule has 3 aliphatic rings. The minimum atomic E-state index is -1.26. The lowest BCUT2D eigenvalue weighted by atomic mass is 9.87.